The Morgan fingerprint density at radius 3 is 2.23 bits per heavy atom. The van der Waals surface area contributed by atoms with Gasteiger partial charge in [0.1, 0.15) is 5.60 Å². The van der Waals surface area contributed by atoms with E-state index in [2.05, 4.69) is 6.92 Å². The fourth-order valence-electron chi connectivity index (χ4n) is 3.07. The van der Waals surface area contributed by atoms with Crippen molar-refractivity contribution in [2.45, 2.75) is 51.6 Å². The second-order valence-corrected chi connectivity index (χ2v) is 4.39. The molecular weight excluding hydrogens is 164 g/mol. The van der Waals surface area contributed by atoms with Gasteiger partial charge in [-0.15, -0.1) is 0 Å². The molecule has 0 aromatic rings. The first-order chi connectivity index (χ1) is 6.19. The summed E-state index contributed by atoms with van der Waals surface area (Å²) in [4.78, 5) is 12.1. The molecule has 0 aliphatic heterocycles. The normalized spacial score (nSPS) is 43.1. The van der Waals surface area contributed by atoms with E-state index in [1.54, 1.807) is 0 Å². The molecule has 2 saturated carbocycles. The largest absolute Gasteiger partial charge is 0.367 e. The van der Waals surface area contributed by atoms with Gasteiger partial charge in [-0.05, 0) is 39.0 Å². The van der Waals surface area contributed by atoms with E-state index >= 15 is 0 Å². The van der Waals surface area contributed by atoms with Gasteiger partial charge >= 0.3 is 0 Å². The minimum Gasteiger partial charge on any atom is -0.367 e. The van der Waals surface area contributed by atoms with Gasteiger partial charge < -0.3 is 4.74 Å². The van der Waals surface area contributed by atoms with Gasteiger partial charge in [0.2, 0.25) is 0 Å². The number of ether oxygens (including phenoxy) is 1. The maximum Gasteiger partial charge on any atom is 0.170 e. The maximum atomic E-state index is 12.1. The topological polar surface area (TPSA) is 26.3 Å². The Morgan fingerprint density at radius 2 is 1.85 bits per heavy atom. The highest BCUT2D eigenvalue weighted by Crippen LogP contribution is 2.56. The van der Waals surface area contributed by atoms with E-state index in [0.717, 1.165) is 32.1 Å². The summed E-state index contributed by atoms with van der Waals surface area (Å²) in [6, 6.07) is 0. The fraction of sp³-hybridized carbons (Fsp3) is 0.909. The van der Waals surface area contributed by atoms with Gasteiger partial charge in [-0.25, -0.2) is 0 Å². The van der Waals surface area contributed by atoms with Crippen molar-refractivity contribution in [2.24, 2.45) is 5.41 Å². The van der Waals surface area contributed by atoms with Crippen LogP contribution in [0.15, 0.2) is 0 Å². The van der Waals surface area contributed by atoms with Gasteiger partial charge in [-0.1, -0.05) is 6.92 Å². The smallest absolute Gasteiger partial charge is 0.170 e. The molecule has 74 valence electrons. The molecule has 2 nitrogen and oxygen atoms in total. The molecule has 2 aliphatic rings. The molecular formula is C11H18O2. The van der Waals surface area contributed by atoms with Crippen molar-refractivity contribution in [2.75, 3.05) is 6.61 Å². The molecule has 13 heavy (non-hydrogen) atoms. The summed E-state index contributed by atoms with van der Waals surface area (Å²) < 4.78 is 5.67. The summed E-state index contributed by atoms with van der Waals surface area (Å²) in [6.45, 7) is 4.78. The second-order valence-electron chi connectivity index (χ2n) is 4.39. The lowest BCUT2D eigenvalue weighted by Crippen LogP contribution is -2.35. The van der Waals surface area contributed by atoms with Crippen LogP contribution in [0, 0.1) is 5.41 Å². The van der Waals surface area contributed by atoms with Crippen LogP contribution in [0.25, 0.3) is 0 Å². The molecule has 2 rings (SSSR count). The Morgan fingerprint density at radius 1 is 1.23 bits per heavy atom. The molecule has 0 heterocycles. The van der Waals surface area contributed by atoms with Crippen LogP contribution in [0.3, 0.4) is 0 Å². The Kier molecular flexibility index (Phi) is 1.99. The molecule has 0 aromatic heterocycles. The SMILES string of the molecule is CCOC12CCC(CC)(CC1)C2=O. The summed E-state index contributed by atoms with van der Waals surface area (Å²) >= 11 is 0. The number of carbonyl (C=O) groups is 1. The molecule has 0 spiro atoms. The Hall–Kier alpha value is -0.370. The van der Waals surface area contributed by atoms with Crippen LogP contribution in [-0.2, 0) is 9.53 Å². The average molecular weight is 182 g/mol. The van der Waals surface area contributed by atoms with Gasteiger partial charge in [0, 0.05) is 12.0 Å². The van der Waals surface area contributed by atoms with Crippen LogP contribution >= 0.6 is 0 Å². The first kappa shape index (κ1) is 9.20. The molecule has 0 unspecified atom stereocenters. The molecule has 2 bridgehead atoms. The molecule has 0 aromatic carbocycles. The van der Waals surface area contributed by atoms with E-state index in [4.69, 9.17) is 4.74 Å². The lowest BCUT2D eigenvalue weighted by atomic mass is 9.81. The molecule has 2 heteroatoms. The van der Waals surface area contributed by atoms with Gasteiger partial charge in [0.05, 0.1) is 0 Å². The molecule has 0 N–H and O–H groups in total. The predicted molar refractivity (Wildman–Crippen MR) is 50.6 cm³/mol. The molecule has 2 fully saturated rings. The number of carbonyl (C=O) groups excluding carboxylic acids is 1. The summed E-state index contributed by atoms with van der Waals surface area (Å²) in [5.41, 5.74) is -0.347. The molecule has 0 amide bonds. The summed E-state index contributed by atoms with van der Waals surface area (Å²) in [5, 5.41) is 0. The van der Waals surface area contributed by atoms with Crippen molar-refractivity contribution in [3.05, 3.63) is 0 Å². The summed E-state index contributed by atoms with van der Waals surface area (Å²) in [5.74, 6) is 0.407. The van der Waals surface area contributed by atoms with E-state index in [1.165, 1.54) is 0 Å². The van der Waals surface area contributed by atoms with Crippen LogP contribution in [-0.4, -0.2) is 18.0 Å². The lowest BCUT2D eigenvalue weighted by molar-refractivity contribution is -0.140. The molecule has 0 radical (unpaired) electrons. The van der Waals surface area contributed by atoms with E-state index in [1.807, 2.05) is 6.92 Å². The summed E-state index contributed by atoms with van der Waals surface area (Å²) in [7, 11) is 0. The van der Waals surface area contributed by atoms with Gasteiger partial charge in [-0.3, -0.25) is 4.79 Å². The van der Waals surface area contributed by atoms with Crippen molar-refractivity contribution >= 4 is 5.78 Å². The van der Waals surface area contributed by atoms with E-state index in [-0.39, 0.29) is 11.0 Å². The van der Waals surface area contributed by atoms with Crippen LogP contribution in [0.2, 0.25) is 0 Å². The third kappa shape index (κ3) is 1.01. The van der Waals surface area contributed by atoms with Crippen molar-refractivity contribution in [1.29, 1.82) is 0 Å². The highest BCUT2D eigenvalue weighted by atomic mass is 16.5. The number of fused-ring (bicyclic) bond motifs is 2. The van der Waals surface area contributed by atoms with Crippen LogP contribution < -0.4 is 0 Å². The Labute approximate surface area is 79.7 Å². The monoisotopic (exact) mass is 182 g/mol. The zero-order valence-corrected chi connectivity index (χ0v) is 8.56. The van der Waals surface area contributed by atoms with Crippen molar-refractivity contribution in [1.82, 2.24) is 0 Å². The first-order valence-corrected chi connectivity index (χ1v) is 5.38. The van der Waals surface area contributed by atoms with E-state index < -0.39 is 0 Å². The van der Waals surface area contributed by atoms with Crippen molar-refractivity contribution in [3.63, 3.8) is 0 Å². The van der Waals surface area contributed by atoms with Crippen LogP contribution in [0.5, 0.6) is 0 Å². The zero-order valence-electron chi connectivity index (χ0n) is 8.56. The van der Waals surface area contributed by atoms with Crippen molar-refractivity contribution < 1.29 is 9.53 Å². The number of Topliss-reactive ketones (excluding diaryl/α,β-unsaturated/α-hetero) is 1. The third-order valence-electron chi connectivity index (χ3n) is 4.01. The second kappa shape index (κ2) is 2.81. The van der Waals surface area contributed by atoms with Crippen molar-refractivity contribution in [3.8, 4) is 0 Å². The quantitative estimate of drug-likeness (QED) is 0.669. The number of hydrogen-bond donors (Lipinski definition) is 0. The molecule has 0 atom stereocenters. The number of ketones is 1. The molecule has 0 saturated heterocycles. The number of hydrogen-bond acceptors (Lipinski definition) is 2. The highest BCUT2D eigenvalue weighted by Gasteiger charge is 2.61. The van der Waals surface area contributed by atoms with Gasteiger partial charge in [-0.2, -0.15) is 0 Å². The summed E-state index contributed by atoms with van der Waals surface area (Å²) in [6.07, 6.45) is 5.05. The maximum absolute atomic E-state index is 12.1. The fourth-order valence-corrected chi connectivity index (χ4v) is 3.07. The predicted octanol–water partition coefficient (Wildman–Crippen LogP) is 2.31. The van der Waals surface area contributed by atoms with Gasteiger partial charge in [0.15, 0.2) is 5.78 Å². The standard InChI is InChI=1S/C11H18O2/c1-3-10-5-7-11(8-6-10,9(10)12)13-4-2/h3-8H2,1-2H3. The third-order valence-corrected chi connectivity index (χ3v) is 4.01. The Balaban J connectivity index is 2.24. The van der Waals surface area contributed by atoms with Crippen LogP contribution in [0.1, 0.15) is 46.0 Å². The minimum atomic E-state index is -0.356. The van der Waals surface area contributed by atoms with Crippen LogP contribution in [0.4, 0.5) is 0 Å². The Bertz CT molecular complexity index is 224. The van der Waals surface area contributed by atoms with E-state index in [9.17, 15) is 4.79 Å². The first-order valence-electron chi connectivity index (χ1n) is 5.38. The zero-order chi connectivity index (χ0) is 9.53. The lowest BCUT2D eigenvalue weighted by Gasteiger charge is -2.24. The highest BCUT2D eigenvalue weighted by molar-refractivity contribution is 5.97. The average Bonchev–Trinajstić information content (AvgIpc) is 2.57. The van der Waals surface area contributed by atoms with Gasteiger partial charge in [0.25, 0.3) is 0 Å². The molecule has 2 aliphatic carbocycles. The minimum absolute atomic E-state index is 0.00910. The number of rotatable bonds is 3. The van der Waals surface area contributed by atoms with E-state index in [0.29, 0.717) is 12.4 Å².